The van der Waals surface area contributed by atoms with Crippen LogP contribution in [0.5, 0.6) is 5.88 Å². The molecule has 1 unspecified atom stereocenters. The van der Waals surface area contributed by atoms with E-state index in [1.165, 1.54) is 6.33 Å². The van der Waals surface area contributed by atoms with Gasteiger partial charge in [-0.25, -0.2) is 9.97 Å². The van der Waals surface area contributed by atoms with Gasteiger partial charge in [0.2, 0.25) is 5.88 Å². The largest absolute Gasteiger partial charge is 0.481 e. The van der Waals surface area contributed by atoms with Gasteiger partial charge in [0, 0.05) is 6.07 Å². The smallest absolute Gasteiger partial charge is 0.218 e. The Hall–Kier alpha value is -2.04. The highest BCUT2D eigenvalue weighted by Crippen LogP contribution is 2.20. The summed E-state index contributed by atoms with van der Waals surface area (Å²) in [6.07, 6.45) is 1.46. The van der Waals surface area contributed by atoms with Gasteiger partial charge in [-0.15, -0.1) is 0 Å². The van der Waals surface area contributed by atoms with Crippen LogP contribution in [0.1, 0.15) is 24.5 Å². The highest BCUT2D eigenvalue weighted by molar-refractivity contribution is 5.39. The number of nitrogens with zero attached hydrogens (tertiary/aromatic N) is 2. The van der Waals surface area contributed by atoms with Gasteiger partial charge in [-0.1, -0.05) is 0 Å². The number of nitrogens with one attached hydrogen (secondary N) is 1. The molecule has 0 fully saturated rings. The van der Waals surface area contributed by atoms with E-state index in [0.29, 0.717) is 11.7 Å². The number of furan rings is 1. The molecule has 0 amide bonds. The van der Waals surface area contributed by atoms with Gasteiger partial charge in [0.1, 0.15) is 23.7 Å². The molecule has 90 valence electrons. The van der Waals surface area contributed by atoms with Crippen molar-refractivity contribution in [2.24, 2.45) is 0 Å². The Kier molecular flexibility index (Phi) is 3.27. The van der Waals surface area contributed by atoms with Crippen molar-refractivity contribution in [2.45, 2.75) is 19.9 Å². The summed E-state index contributed by atoms with van der Waals surface area (Å²) in [6.45, 7) is 3.93. The Morgan fingerprint density at radius 1 is 1.35 bits per heavy atom. The third kappa shape index (κ3) is 2.75. The van der Waals surface area contributed by atoms with Crippen molar-refractivity contribution in [3.63, 3.8) is 0 Å². The van der Waals surface area contributed by atoms with Crippen molar-refractivity contribution in [3.8, 4) is 5.88 Å². The van der Waals surface area contributed by atoms with Crippen molar-refractivity contribution < 1.29 is 9.15 Å². The second-order valence-corrected chi connectivity index (χ2v) is 3.76. The predicted octanol–water partition coefficient (Wildman–Crippen LogP) is 2.56. The molecular weight excluding hydrogens is 218 g/mol. The minimum Gasteiger partial charge on any atom is -0.481 e. The van der Waals surface area contributed by atoms with E-state index in [0.717, 1.165) is 11.5 Å². The zero-order chi connectivity index (χ0) is 12.3. The summed E-state index contributed by atoms with van der Waals surface area (Å²) in [7, 11) is 1.57. The molecule has 1 N–H and O–H groups in total. The fourth-order valence-electron chi connectivity index (χ4n) is 1.51. The lowest BCUT2D eigenvalue weighted by Crippen LogP contribution is -2.07. The predicted molar refractivity (Wildman–Crippen MR) is 64.1 cm³/mol. The molecule has 5 nitrogen and oxygen atoms in total. The van der Waals surface area contributed by atoms with Crippen molar-refractivity contribution in [3.05, 3.63) is 36.0 Å². The molecule has 0 aliphatic rings. The lowest BCUT2D eigenvalue weighted by Gasteiger charge is -2.12. The SMILES string of the molecule is COc1cc(NC(C)c2ccc(C)o2)ncn1. The Balaban J connectivity index is 2.09. The normalized spacial score (nSPS) is 12.2. The second-order valence-electron chi connectivity index (χ2n) is 3.76. The lowest BCUT2D eigenvalue weighted by molar-refractivity contribution is 0.397. The summed E-state index contributed by atoms with van der Waals surface area (Å²) in [5.41, 5.74) is 0. The van der Waals surface area contributed by atoms with Gasteiger partial charge in [0.25, 0.3) is 0 Å². The molecule has 0 aromatic carbocycles. The van der Waals surface area contributed by atoms with Gasteiger partial charge < -0.3 is 14.5 Å². The van der Waals surface area contributed by atoms with Crippen LogP contribution >= 0.6 is 0 Å². The fraction of sp³-hybridized carbons (Fsp3) is 0.333. The number of hydrogen-bond acceptors (Lipinski definition) is 5. The molecule has 2 aromatic heterocycles. The number of rotatable bonds is 4. The zero-order valence-electron chi connectivity index (χ0n) is 10.1. The molecule has 0 bridgehead atoms. The van der Waals surface area contributed by atoms with E-state index in [1.54, 1.807) is 13.2 Å². The van der Waals surface area contributed by atoms with Crippen molar-refractivity contribution in [2.75, 3.05) is 12.4 Å². The molecule has 17 heavy (non-hydrogen) atoms. The number of hydrogen-bond donors (Lipinski definition) is 1. The highest BCUT2D eigenvalue weighted by Gasteiger charge is 2.10. The van der Waals surface area contributed by atoms with Crippen LogP contribution in [0, 0.1) is 6.92 Å². The molecular formula is C12H15N3O2. The van der Waals surface area contributed by atoms with Gasteiger partial charge in [-0.05, 0) is 26.0 Å². The van der Waals surface area contributed by atoms with Crippen LogP contribution in [0.2, 0.25) is 0 Å². The van der Waals surface area contributed by atoms with Gasteiger partial charge in [-0.3, -0.25) is 0 Å². The first-order chi connectivity index (χ1) is 8.19. The Bertz CT molecular complexity index is 496. The van der Waals surface area contributed by atoms with Crippen LogP contribution in [-0.4, -0.2) is 17.1 Å². The summed E-state index contributed by atoms with van der Waals surface area (Å²) in [5.74, 6) is 3.01. The van der Waals surface area contributed by atoms with Crippen LogP contribution in [0.25, 0.3) is 0 Å². The average Bonchev–Trinajstić information content (AvgIpc) is 2.76. The van der Waals surface area contributed by atoms with Crippen LogP contribution in [0.4, 0.5) is 5.82 Å². The van der Waals surface area contributed by atoms with Crippen molar-refractivity contribution >= 4 is 5.82 Å². The third-order valence-corrected chi connectivity index (χ3v) is 2.40. The summed E-state index contributed by atoms with van der Waals surface area (Å²) >= 11 is 0. The first kappa shape index (κ1) is 11.4. The maximum absolute atomic E-state index is 5.54. The Morgan fingerprint density at radius 2 is 2.18 bits per heavy atom. The monoisotopic (exact) mass is 233 g/mol. The lowest BCUT2D eigenvalue weighted by atomic mass is 10.2. The second kappa shape index (κ2) is 4.86. The molecule has 0 radical (unpaired) electrons. The third-order valence-electron chi connectivity index (χ3n) is 2.40. The highest BCUT2D eigenvalue weighted by atomic mass is 16.5. The molecule has 0 spiro atoms. The molecule has 0 aliphatic heterocycles. The van der Waals surface area contributed by atoms with Gasteiger partial charge in [0.05, 0.1) is 13.2 Å². The van der Waals surface area contributed by atoms with Crippen LogP contribution in [0.3, 0.4) is 0 Å². The molecule has 1 atom stereocenters. The quantitative estimate of drug-likeness (QED) is 0.879. The summed E-state index contributed by atoms with van der Waals surface area (Å²) < 4.78 is 10.6. The standard InChI is InChI=1S/C12H15N3O2/c1-8-4-5-10(17-8)9(2)15-11-6-12(16-3)14-7-13-11/h4-7,9H,1-3H3,(H,13,14,15). The Labute approximate surface area is 99.8 Å². The molecule has 0 saturated carbocycles. The minimum atomic E-state index is 0.0447. The maximum Gasteiger partial charge on any atom is 0.218 e. The van der Waals surface area contributed by atoms with Crippen LogP contribution in [-0.2, 0) is 0 Å². The topological polar surface area (TPSA) is 60.2 Å². The summed E-state index contributed by atoms with van der Waals surface area (Å²) in [6, 6.07) is 5.68. The van der Waals surface area contributed by atoms with E-state index >= 15 is 0 Å². The first-order valence-electron chi connectivity index (χ1n) is 5.38. The summed E-state index contributed by atoms with van der Waals surface area (Å²) in [5, 5.41) is 3.22. The molecule has 2 aromatic rings. The van der Waals surface area contributed by atoms with E-state index in [9.17, 15) is 0 Å². The number of aryl methyl sites for hydroxylation is 1. The van der Waals surface area contributed by atoms with E-state index in [1.807, 2.05) is 26.0 Å². The molecule has 2 heterocycles. The molecule has 0 aliphatic carbocycles. The average molecular weight is 233 g/mol. The number of aromatic nitrogens is 2. The number of methoxy groups -OCH3 is 1. The minimum absolute atomic E-state index is 0.0447. The molecule has 2 rings (SSSR count). The van der Waals surface area contributed by atoms with Crippen LogP contribution in [0.15, 0.2) is 28.9 Å². The molecule has 5 heteroatoms. The fourth-order valence-corrected chi connectivity index (χ4v) is 1.51. The van der Waals surface area contributed by atoms with Crippen molar-refractivity contribution in [1.29, 1.82) is 0 Å². The van der Waals surface area contributed by atoms with Gasteiger partial charge in [0.15, 0.2) is 0 Å². The van der Waals surface area contributed by atoms with E-state index < -0.39 is 0 Å². The van der Waals surface area contributed by atoms with Crippen molar-refractivity contribution in [1.82, 2.24) is 9.97 Å². The Morgan fingerprint density at radius 3 is 2.82 bits per heavy atom. The maximum atomic E-state index is 5.54. The number of anilines is 1. The van der Waals surface area contributed by atoms with Gasteiger partial charge >= 0.3 is 0 Å². The van der Waals surface area contributed by atoms with Gasteiger partial charge in [-0.2, -0.15) is 0 Å². The first-order valence-corrected chi connectivity index (χ1v) is 5.38. The van der Waals surface area contributed by atoms with E-state index in [4.69, 9.17) is 9.15 Å². The summed E-state index contributed by atoms with van der Waals surface area (Å²) in [4.78, 5) is 8.06. The zero-order valence-corrected chi connectivity index (χ0v) is 10.1. The molecule has 0 saturated heterocycles. The van der Waals surface area contributed by atoms with Crippen LogP contribution < -0.4 is 10.1 Å². The number of ether oxygens (including phenoxy) is 1. The van der Waals surface area contributed by atoms with E-state index in [2.05, 4.69) is 15.3 Å². The van der Waals surface area contributed by atoms with E-state index in [-0.39, 0.29) is 6.04 Å².